The van der Waals surface area contributed by atoms with Gasteiger partial charge in [-0.25, -0.2) is 0 Å². The molecule has 0 heterocycles. The predicted molar refractivity (Wildman–Crippen MR) is 239 cm³/mol. The molecule has 0 bridgehead atoms. The van der Waals surface area contributed by atoms with Crippen molar-refractivity contribution in [3.05, 3.63) is 251 Å². The van der Waals surface area contributed by atoms with E-state index in [1.807, 2.05) is 6.07 Å². The van der Waals surface area contributed by atoms with E-state index in [9.17, 15) is 0 Å². The van der Waals surface area contributed by atoms with Crippen LogP contribution in [-0.2, 0) is 0 Å². The number of anilines is 3. The second-order valence-corrected chi connectivity index (χ2v) is 13.8. The van der Waals surface area contributed by atoms with Gasteiger partial charge in [0.1, 0.15) is 5.75 Å². The Morgan fingerprint density at radius 2 is 0.982 bits per heavy atom. The highest BCUT2D eigenvalue weighted by Gasteiger charge is 2.19. The number of fused-ring (bicyclic) bond motifs is 1. The van der Waals surface area contributed by atoms with E-state index in [2.05, 4.69) is 230 Å². The molecule has 0 radical (unpaired) electrons. The van der Waals surface area contributed by atoms with E-state index < -0.39 is 0 Å². The average molecular weight is 722 g/mol. The normalized spacial score (nSPS) is 11.0. The third-order valence-corrected chi connectivity index (χ3v) is 10.2. The molecule has 0 unspecified atom stereocenters. The number of rotatable bonds is 11. The molecule has 0 saturated carbocycles. The van der Waals surface area contributed by atoms with Gasteiger partial charge in [-0.1, -0.05) is 182 Å². The van der Waals surface area contributed by atoms with Gasteiger partial charge in [0.05, 0.1) is 12.8 Å². The van der Waals surface area contributed by atoms with Gasteiger partial charge in [-0.15, -0.1) is 0 Å². The van der Waals surface area contributed by atoms with Crippen molar-refractivity contribution in [3.63, 3.8) is 0 Å². The molecule has 8 rings (SSSR count). The molecule has 0 aliphatic heterocycles. The summed E-state index contributed by atoms with van der Waals surface area (Å²) in [6, 6.07) is 70.8. The second-order valence-electron chi connectivity index (χ2n) is 13.8. The lowest BCUT2D eigenvalue weighted by atomic mass is 9.93. The number of hydrogen-bond acceptors (Lipinski definition) is 2. The maximum atomic E-state index is 5.63. The van der Waals surface area contributed by atoms with Crippen molar-refractivity contribution in [3.8, 4) is 5.75 Å². The quantitative estimate of drug-likeness (QED) is 0.0974. The first-order chi connectivity index (χ1) is 27.7. The van der Waals surface area contributed by atoms with Crippen LogP contribution in [0.15, 0.2) is 212 Å². The zero-order valence-corrected chi connectivity index (χ0v) is 31.7. The number of ether oxygens (including phenoxy) is 1. The van der Waals surface area contributed by atoms with E-state index in [0.29, 0.717) is 0 Å². The van der Waals surface area contributed by atoms with Crippen LogP contribution in [0, 0.1) is 6.92 Å². The molecule has 0 atom stereocenters. The summed E-state index contributed by atoms with van der Waals surface area (Å²) in [5.41, 5.74) is 13.8. The van der Waals surface area contributed by atoms with E-state index in [1.165, 1.54) is 44.2 Å². The standard InChI is InChI=1S/C54H43NO/c1-40-38-48(56-2)35-37-53(40)55(47-33-30-41(31-34-47)18-17-29-49(42-19-7-3-8-20-42)43-21-9-4-10-22-43)54-36-32-46(50-27-15-16-28-51(50)54)39-52(44-23-11-5-12-24-44)45-25-13-6-14-26-45/h3-39H,1-2H3/b18-17+. The zero-order valence-electron chi connectivity index (χ0n) is 31.7. The molecule has 0 aliphatic carbocycles. The molecular weight excluding hydrogens is 679 g/mol. The summed E-state index contributed by atoms with van der Waals surface area (Å²) in [5, 5.41) is 2.35. The molecule has 56 heavy (non-hydrogen) atoms. The maximum Gasteiger partial charge on any atom is 0.119 e. The van der Waals surface area contributed by atoms with Crippen molar-refractivity contribution in [2.24, 2.45) is 0 Å². The second kappa shape index (κ2) is 16.9. The molecule has 270 valence electrons. The van der Waals surface area contributed by atoms with Crippen LogP contribution < -0.4 is 9.64 Å². The smallest absolute Gasteiger partial charge is 0.119 e. The number of methoxy groups -OCH3 is 1. The molecule has 8 aromatic rings. The van der Waals surface area contributed by atoms with E-state index in [-0.39, 0.29) is 0 Å². The Labute approximate surface area is 330 Å². The third kappa shape index (κ3) is 7.87. The monoisotopic (exact) mass is 721 g/mol. The molecule has 2 heteroatoms. The molecule has 2 nitrogen and oxygen atoms in total. The van der Waals surface area contributed by atoms with Crippen LogP contribution in [0.2, 0.25) is 0 Å². The Balaban J connectivity index is 1.21. The lowest BCUT2D eigenvalue weighted by molar-refractivity contribution is 0.414. The van der Waals surface area contributed by atoms with Gasteiger partial charge in [0.15, 0.2) is 0 Å². The van der Waals surface area contributed by atoms with Crippen LogP contribution in [-0.4, -0.2) is 7.11 Å². The Kier molecular flexibility index (Phi) is 10.8. The SMILES string of the molecule is COc1ccc(N(c2ccc(/C=C/C=C(c3ccccc3)c3ccccc3)cc2)c2ccc(C=C(c3ccccc3)c3ccccc3)c3ccccc23)c(C)c1. The number of benzene rings is 8. The first-order valence-electron chi connectivity index (χ1n) is 19.0. The van der Waals surface area contributed by atoms with Crippen molar-refractivity contribution in [2.75, 3.05) is 12.0 Å². The van der Waals surface area contributed by atoms with Crippen LogP contribution in [0.25, 0.3) is 34.1 Å². The topological polar surface area (TPSA) is 12.5 Å². The highest BCUT2D eigenvalue weighted by molar-refractivity contribution is 6.06. The number of aryl methyl sites for hydroxylation is 1. The summed E-state index contributed by atoms with van der Waals surface area (Å²) >= 11 is 0. The number of nitrogens with zero attached hydrogens (tertiary/aromatic N) is 1. The minimum atomic E-state index is 0.838. The average Bonchev–Trinajstić information content (AvgIpc) is 3.27. The van der Waals surface area contributed by atoms with Gasteiger partial charge in [-0.05, 0) is 105 Å². The number of hydrogen-bond donors (Lipinski definition) is 0. The van der Waals surface area contributed by atoms with Gasteiger partial charge < -0.3 is 9.64 Å². The molecule has 8 aromatic carbocycles. The van der Waals surface area contributed by atoms with Crippen molar-refractivity contribution < 1.29 is 4.74 Å². The third-order valence-electron chi connectivity index (χ3n) is 10.2. The Morgan fingerprint density at radius 3 is 1.52 bits per heavy atom. The summed E-state index contributed by atoms with van der Waals surface area (Å²) in [6.07, 6.45) is 8.85. The van der Waals surface area contributed by atoms with Gasteiger partial charge in [-0.3, -0.25) is 0 Å². The van der Waals surface area contributed by atoms with Crippen LogP contribution in [0.4, 0.5) is 17.1 Å². The van der Waals surface area contributed by atoms with Gasteiger partial charge in [0.25, 0.3) is 0 Å². The van der Waals surface area contributed by atoms with Crippen LogP contribution in [0.3, 0.4) is 0 Å². The van der Waals surface area contributed by atoms with Gasteiger partial charge >= 0.3 is 0 Å². The maximum absolute atomic E-state index is 5.63. The molecule has 0 fully saturated rings. The molecule has 0 aliphatic rings. The molecule has 0 saturated heterocycles. The van der Waals surface area contributed by atoms with Crippen LogP contribution in [0.1, 0.15) is 38.9 Å². The molecule has 0 aromatic heterocycles. The van der Waals surface area contributed by atoms with Crippen molar-refractivity contribution in [1.82, 2.24) is 0 Å². The molecule has 0 N–H and O–H groups in total. The van der Waals surface area contributed by atoms with Crippen molar-refractivity contribution in [1.29, 1.82) is 0 Å². The fraction of sp³-hybridized carbons (Fsp3) is 0.0370. The lowest BCUT2D eigenvalue weighted by Gasteiger charge is -2.29. The van der Waals surface area contributed by atoms with Gasteiger partial charge in [0, 0.05) is 16.8 Å². The van der Waals surface area contributed by atoms with E-state index >= 15 is 0 Å². The van der Waals surface area contributed by atoms with Crippen LogP contribution >= 0.6 is 0 Å². The summed E-state index contributed by atoms with van der Waals surface area (Å²) in [4.78, 5) is 2.37. The fourth-order valence-corrected chi connectivity index (χ4v) is 7.35. The van der Waals surface area contributed by atoms with Gasteiger partial charge in [0.2, 0.25) is 0 Å². The first-order valence-corrected chi connectivity index (χ1v) is 19.0. The molecular formula is C54H43NO. The van der Waals surface area contributed by atoms with Gasteiger partial charge in [-0.2, -0.15) is 0 Å². The summed E-state index contributed by atoms with van der Waals surface area (Å²) in [7, 11) is 1.72. The Morgan fingerprint density at radius 1 is 0.482 bits per heavy atom. The lowest BCUT2D eigenvalue weighted by Crippen LogP contribution is -2.12. The predicted octanol–water partition coefficient (Wildman–Crippen LogP) is 14.4. The number of allylic oxidation sites excluding steroid dienone is 2. The summed E-state index contributed by atoms with van der Waals surface area (Å²) in [5.74, 6) is 0.838. The highest BCUT2D eigenvalue weighted by atomic mass is 16.5. The fourth-order valence-electron chi connectivity index (χ4n) is 7.35. The minimum Gasteiger partial charge on any atom is -0.497 e. The Bertz CT molecular complexity index is 2560. The van der Waals surface area contributed by atoms with Crippen molar-refractivity contribution in [2.45, 2.75) is 6.92 Å². The van der Waals surface area contributed by atoms with Crippen molar-refractivity contribution >= 4 is 51.1 Å². The summed E-state index contributed by atoms with van der Waals surface area (Å²) in [6.45, 7) is 2.15. The first kappa shape index (κ1) is 35.8. The van der Waals surface area contributed by atoms with E-state index in [0.717, 1.165) is 39.5 Å². The highest BCUT2D eigenvalue weighted by Crippen LogP contribution is 2.43. The zero-order chi connectivity index (χ0) is 38.1. The minimum absolute atomic E-state index is 0.838. The molecule has 0 amide bonds. The largest absolute Gasteiger partial charge is 0.497 e. The Hall–Kier alpha value is -7.16. The van der Waals surface area contributed by atoms with E-state index in [4.69, 9.17) is 4.74 Å². The van der Waals surface area contributed by atoms with Crippen LogP contribution in [0.5, 0.6) is 5.75 Å². The molecule has 0 spiro atoms. The summed E-state index contributed by atoms with van der Waals surface area (Å²) < 4.78 is 5.63. The van der Waals surface area contributed by atoms with E-state index in [1.54, 1.807) is 7.11 Å².